The number of hydrogen-bond donors (Lipinski definition) is 1. The number of aliphatic hydroxyl groups excluding tert-OH is 1. The largest absolute Gasteiger partial charge is 0.493 e. The number of halogens is 1. The lowest BCUT2D eigenvalue weighted by Gasteiger charge is -2.10. The third kappa shape index (κ3) is 3.57. The molecule has 0 fully saturated rings. The molecular weight excluding hydrogens is 212 g/mol. The molecule has 1 rings (SSSR count). The lowest BCUT2D eigenvalue weighted by atomic mass is 10.2. The molecule has 0 atom stereocenters. The molecule has 0 aliphatic rings. The molecule has 0 aromatic heterocycles. The first-order valence-corrected chi connectivity index (χ1v) is 5.29. The number of allylic oxidation sites excluding steroid dienone is 1. The summed E-state index contributed by atoms with van der Waals surface area (Å²) in [5.74, 6) is 0.661. The smallest absolute Gasteiger partial charge is 0.126 e. The summed E-state index contributed by atoms with van der Waals surface area (Å²) < 4.78 is 5.52. The van der Waals surface area contributed by atoms with Crippen LogP contribution in [0.2, 0.25) is 5.02 Å². The van der Waals surface area contributed by atoms with E-state index in [1.165, 1.54) is 0 Å². The monoisotopic (exact) mass is 226 g/mol. The predicted molar refractivity (Wildman–Crippen MR) is 62.3 cm³/mol. The van der Waals surface area contributed by atoms with Crippen LogP contribution in [0.15, 0.2) is 30.9 Å². The van der Waals surface area contributed by atoms with E-state index < -0.39 is 0 Å². The normalized spacial score (nSPS) is 10.0. The third-order valence-corrected chi connectivity index (χ3v) is 2.40. The molecule has 2 nitrogen and oxygen atoms in total. The molecule has 0 aliphatic heterocycles. The summed E-state index contributed by atoms with van der Waals surface area (Å²) in [7, 11) is 0. The Hall–Kier alpha value is -0.990. The highest BCUT2D eigenvalue weighted by atomic mass is 35.5. The number of benzene rings is 1. The van der Waals surface area contributed by atoms with Crippen molar-refractivity contribution in [2.45, 2.75) is 19.4 Å². The summed E-state index contributed by atoms with van der Waals surface area (Å²) in [6.07, 6.45) is 3.70. The Morgan fingerprint density at radius 2 is 2.27 bits per heavy atom. The lowest BCUT2D eigenvalue weighted by molar-refractivity contribution is 0.262. The van der Waals surface area contributed by atoms with E-state index in [1.807, 2.05) is 18.2 Å². The van der Waals surface area contributed by atoms with Gasteiger partial charge in [0, 0.05) is 10.6 Å². The number of ether oxygens (including phenoxy) is 1. The van der Waals surface area contributed by atoms with Gasteiger partial charge in [-0.3, -0.25) is 0 Å². The van der Waals surface area contributed by atoms with Crippen molar-refractivity contribution in [3.05, 3.63) is 41.4 Å². The molecule has 1 aromatic rings. The zero-order chi connectivity index (χ0) is 11.1. The van der Waals surface area contributed by atoms with Crippen LogP contribution in [0, 0.1) is 0 Å². The minimum Gasteiger partial charge on any atom is -0.493 e. The minimum absolute atomic E-state index is 0.101. The molecule has 0 amide bonds. The molecular formula is C12H15ClO2. The first-order valence-electron chi connectivity index (χ1n) is 4.91. The summed E-state index contributed by atoms with van der Waals surface area (Å²) in [5, 5.41) is 9.66. The highest BCUT2D eigenvalue weighted by Crippen LogP contribution is 2.26. The summed E-state index contributed by atoms with van der Waals surface area (Å²) >= 11 is 5.91. The van der Waals surface area contributed by atoms with Crippen LogP contribution in [0.1, 0.15) is 18.4 Å². The second-order valence-corrected chi connectivity index (χ2v) is 3.56. The van der Waals surface area contributed by atoms with Gasteiger partial charge >= 0.3 is 0 Å². The topological polar surface area (TPSA) is 29.5 Å². The van der Waals surface area contributed by atoms with Crippen molar-refractivity contribution in [1.82, 2.24) is 0 Å². The van der Waals surface area contributed by atoms with Gasteiger partial charge in [-0.25, -0.2) is 0 Å². The molecule has 0 heterocycles. The number of unbranched alkanes of at least 4 members (excludes halogenated alkanes) is 1. The van der Waals surface area contributed by atoms with Crippen molar-refractivity contribution < 1.29 is 9.84 Å². The number of aliphatic hydroxyl groups is 1. The Kier molecular flexibility index (Phi) is 5.22. The van der Waals surface area contributed by atoms with E-state index in [2.05, 4.69) is 6.58 Å². The molecule has 0 spiro atoms. The van der Waals surface area contributed by atoms with Gasteiger partial charge in [0.2, 0.25) is 0 Å². The summed E-state index contributed by atoms with van der Waals surface area (Å²) in [5.41, 5.74) is 0.651. The summed E-state index contributed by atoms with van der Waals surface area (Å²) in [6.45, 7) is 4.15. The van der Waals surface area contributed by atoms with Gasteiger partial charge in [0.1, 0.15) is 5.75 Å². The Labute approximate surface area is 95.1 Å². The minimum atomic E-state index is -0.101. The zero-order valence-corrected chi connectivity index (χ0v) is 9.33. The number of hydrogen-bond acceptors (Lipinski definition) is 2. The molecule has 0 bridgehead atoms. The van der Waals surface area contributed by atoms with Gasteiger partial charge in [0.15, 0.2) is 0 Å². The first-order chi connectivity index (χ1) is 7.29. The van der Waals surface area contributed by atoms with Crippen molar-refractivity contribution in [2.75, 3.05) is 6.61 Å². The maximum atomic E-state index is 9.12. The average molecular weight is 227 g/mol. The van der Waals surface area contributed by atoms with E-state index in [1.54, 1.807) is 6.07 Å². The van der Waals surface area contributed by atoms with E-state index in [0.29, 0.717) is 22.9 Å². The Bertz CT molecular complexity index is 323. The fourth-order valence-corrected chi connectivity index (χ4v) is 1.46. The lowest BCUT2D eigenvalue weighted by Crippen LogP contribution is -2.00. The summed E-state index contributed by atoms with van der Waals surface area (Å²) in [6, 6.07) is 5.36. The van der Waals surface area contributed by atoms with Crippen molar-refractivity contribution in [2.24, 2.45) is 0 Å². The van der Waals surface area contributed by atoms with Gasteiger partial charge in [0.25, 0.3) is 0 Å². The van der Waals surface area contributed by atoms with Gasteiger partial charge in [-0.2, -0.15) is 0 Å². The summed E-state index contributed by atoms with van der Waals surface area (Å²) in [4.78, 5) is 0. The molecule has 0 saturated carbocycles. The van der Waals surface area contributed by atoms with E-state index >= 15 is 0 Å². The van der Waals surface area contributed by atoms with Gasteiger partial charge in [-0.05, 0) is 25.0 Å². The molecule has 0 radical (unpaired) electrons. The highest BCUT2D eigenvalue weighted by Gasteiger charge is 2.06. The van der Waals surface area contributed by atoms with E-state index in [9.17, 15) is 0 Å². The average Bonchev–Trinajstić information content (AvgIpc) is 2.24. The SMILES string of the molecule is C=CCCCOc1cccc(Cl)c1CO. The molecule has 0 aliphatic carbocycles. The fraction of sp³-hybridized carbons (Fsp3) is 0.333. The van der Waals surface area contributed by atoms with E-state index in [4.69, 9.17) is 21.4 Å². The maximum Gasteiger partial charge on any atom is 0.126 e. The van der Waals surface area contributed by atoms with Crippen LogP contribution in [-0.4, -0.2) is 11.7 Å². The van der Waals surface area contributed by atoms with E-state index in [-0.39, 0.29) is 6.61 Å². The van der Waals surface area contributed by atoms with Gasteiger partial charge in [-0.15, -0.1) is 6.58 Å². The molecule has 1 aromatic carbocycles. The van der Waals surface area contributed by atoms with Crippen LogP contribution < -0.4 is 4.74 Å². The molecule has 1 N–H and O–H groups in total. The zero-order valence-electron chi connectivity index (χ0n) is 8.58. The van der Waals surface area contributed by atoms with Crippen LogP contribution >= 0.6 is 11.6 Å². The van der Waals surface area contributed by atoms with Gasteiger partial charge in [-0.1, -0.05) is 23.7 Å². The van der Waals surface area contributed by atoms with Gasteiger partial charge in [0.05, 0.1) is 13.2 Å². The molecule has 3 heteroatoms. The van der Waals surface area contributed by atoms with Gasteiger partial charge < -0.3 is 9.84 Å². The van der Waals surface area contributed by atoms with Crippen LogP contribution in [0.25, 0.3) is 0 Å². The molecule has 0 unspecified atom stereocenters. The standard InChI is InChI=1S/C12H15ClO2/c1-2-3-4-8-15-12-7-5-6-11(13)10(12)9-14/h2,5-7,14H,1,3-4,8-9H2. The molecule has 15 heavy (non-hydrogen) atoms. The van der Waals surface area contributed by atoms with Crippen LogP contribution in [-0.2, 0) is 6.61 Å². The third-order valence-electron chi connectivity index (χ3n) is 2.04. The quantitative estimate of drug-likeness (QED) is 0.596. The van der Waals surface area contributed by atoms with Crippen molar-refractivity contribution in [1.29, 1.82) is 0 Å². The van der Waals surface area contributed by atoms with Crippen molar-refractivity contribution >= 4 is 11.6 Å². The highest BCUT2D eigenvalue weighted by molar-refractivity contribution is 6.31. The van der Waals surface area contributed by atoms with Crippen LogP contribution in [0.5, 0.6) is 5.75 Å². The molecule has 0 saturated heterocycles. The number of rotatable bonds is 6. The van der Waals surface area contributed by atoms with Crippen LogP contribution in [0.3, 0.4) is 0 Å². The second-order valence-electron chi connectivity index (χ2n) is 3.15. The first kappa shape index (κ1) is 12.1. The Balaban J connectivity index is 2.59. The maximum absolute atomic E-state index is 9.12. The second kappa shape index (κ2) is 6.49. The Morgan fingerprint density at radius 1 is 1.47 bits per heavy atom. The predicted octanol–water partition coefficient (Wildman–Crippen LogP) is 3.18. The van der Waals surface area contributed by atoms with Crippen molar-refractivity contribution in [3.63, 3.8) is 0 Å². The van der Waals surface area contributed by atoms with Crippen LogP contribution in [0.4, 0.5) is 0 Å². The Morgan fingerprint density at radius 3 is 2.93 bits per heavy atom. The van der Waals surface area contributed by atoms with Crippen molar-refractivity contribution in [3.8, 4) is 5.75 Å². The molecule has 82 valence electrons. The van der Waals surface area contributed by atoms with E-state index in [0.717, 1.165) is 12.8 Å². The fourth-order valence-electron chi connectivity index (χ4n) is 1.24.